The molecule has 0 spiro atoms. The van der Waals surface area contributed by atoms with Crippen LogP contribution >= 0.6 is 23.1 Å². The van der Waals surface area contributed by atoms with Crippen LogP contribution in [-0.4, -0.2) is 45.7 Å². The Balaban J connectivity index is 2.03. The summed E-state index contributed by atoms with van der Waals surface area (Å²) < 4.78 is 14.6. The molecule has 0 amide bonds. The van der Waals surface area contributed by atoms with E-state index in [1.165, 1.54) is 0 Å². The normalized spacial score (nSPS) is 15.8. The van der Waals surface area contributed by atoms with Crippen LogP contribution in [0.3, 0.4) is 0 Å². The van der Waals surface area contributed by atoms with Gasteiger partial charge >= 0.3 is 0 Å². The summed E-state index contributed by atoms with van der Waals surface area (Å²) in [6.45, 7) is 11.9. The summed E-state index contributed by atoms with van der Waals surface area (Å²) in [6, 6.07) is 7.66. The van der Waals surface area contributed by atoms with E-state index < -0.39 is 18.2 Å². The lowest BCUT2D eigenvalue weighted by Gasteiger charge is -2.26. The fourth-order valence-corrected chi connectivity index (χ4v) is 8.00. The average molecular weight is 545 g/mol. The predicted octanol–water partition coefficient (Wildman–Crippen LogP) is 6.67. The lowest BCUT2D eigenvalue weighted by Crippen LogP contribution is -2.32. The van der Waals surface area contributed by atoms with Gasteiger partial charge in [0.05, 0.1) is 0 Å². The number of halogens is 1. The van der Waals surface area contributed by atoms with Crippen molar-refractivity contribution < 1.29 is 14.2 Å². The molecule has 0 saturated carbocycles. The van der Waals surface area contributed by atoms with Gasteiger partial charge in [-0.2, -0.15) is 0 Å². The third kappa shape index (κ3) is 5.08. The Hall–Kier alpha value is -2.17. The van der Waals surface area contributed by atoms with E-state index >= 15 is 0 Å². The highest BCUT2D eigenvalue weighted by atomic mass is 79.9. The van der Waals surface area contributed by atoms with E-state index in [2.05, 4.69) is 20.8 Å². The smallest absolute Gasteiger partial charge is 0.229 e. The van der Waals surface area contributed by atoms with E-state index in [1.54, 1.807) is 0 Å². The van der Waals surface area contributed by atoms with Crippen LogP contribution in [0.25, 0.3) is 0 Å². The summed E-state index contributed by atoms with van der Waals surface area (Å²) >= 11 is 3.62. The molecule has 0 aromatic heterocycles. The average Bonchev–Trinajstić information content (AvgIpc) is 3.04. The second-order valence-corrected chi connectivity index (χ2v) is 13.0. The van der Waals surface area contributed by atoms with Crippen molar-refractivity contribution in [1.29, 1.82) is 0 Å². The molecule has 2 aromatic carbocycles. The maximum atomic E-state index is 14.6. The van der Waals surface area contributed by atoms with Gasteiger partial charge < -0.3 is 14.4 Å². The molecule has 0 bridgehead atoms. The van der Waals surface area contributed by atoms with Gasteiger partial charge in [0.2, 0.25) is 18.2 Å². The monoisotopic (exact) mass is 544 g/mol. The molecule has 1 aliphatic rings. The predicted molar refractivity (Wildman–Crippen MR) is 143 cm³/mol. The molecule has 34 heavy (non-hydrogen) atoms. The van der Waals surface area contributed by atoms with Gasteiger partial charge in [-0.25, -0.2) is 0 Å². The zero-order valence-electron chi connectivity index (χ0n) is 21.1. The zero-order valence-corrected chi connectivity index (χ0v) is 23.6. The number of hydrogen-bond acceptors (Lipinski definition) is 5. The van der Waals surface area contributed by atoms with Gasteiger partial charge in [0.25, 0.3) is 0 Å². The second-order valence-electron chi connectivity index (χ2n) is 9.49. The first-order valence-electron chi connectivity index (χ1n) is 11.5. The highest BCUT2D eigenvalue weighted by molar-refractivity contribution is 9.09. The highest BCUT2D eigenvalue weighted by Crippen LogP contribution is 2.54. The Morgan fingerprint density at radius 1 is 0.824 bits per heavy atom. The van der Waals surface area contributed by atoms with Crippen molar-refractivity contribution in [3.05, 3.63) is 81.2 Å². The maximum Gasteiger partial charge on any atom is 0.229 e. The van der Waals surface area contributed by atoms with Gasteiger partial charge in [-0.1, -0.05) is 35.4 Å². The topological polar surface area (TPSA) is 57.7 Å². The third-order valence-electron chi connectivity index (χ3n) is 6.43. The van der Waals surface area contributed by atoms with Crippen LogP contribution in [0.1, 0.15) is 60.5 Å². The minimum Gasteiger partial charge on any atom is -0.350 e. The number of carbonyl (C=O) groups excluding carboxylic acids is 2. The van der Waals surface area contributed by atoms with Crippen molar-refractivity contribution in [3.63, 3.8) is 0 Å². The Bertz CT molecular complexity index is 1100. The van der Waals surface area contributed by atoms with Crippen LogP contribution in [0.15, 0.2) is 36.7 Å². The Morgan fingerprint density at radius 3 is 1.59 bits per heavy atom. The fraction of sp³-hybridized carbons (Fsp3) is 0.407. The molecule has 1 aliphatic heterocycles. The largest absolute Gasteiger partial charge is 0.350 e. The quantitative estimate of drug-likeness (QED) is 0.211. The standard InChI is InChI=1S/C27H34BrN2O3P/c1-17-13-19(3)23(20(4)14-17)25(31)34(33,12-8-9-30-11-10-29(7)27(30)28)26(32)24-21(5)15-18(2)16-22(24)6/h10-11,13-16,27H,8-9,12H2,1-7H3. The second kappa shape index (κ2) is 10.2. The number of alkyl halides is 1. The first-order chi connectivity index (χ1) is 15.9. The Kier molecular flexibility index (Phi) is 7.94. The summed E-state index contributed by atoms with van der Waals surface area (Å²) in [6.07, 6.45) is 4.41. The van der Waals surface area contributed by atoms with E-state index in [-0.39, 0.29) is 11.2 Å². The molecule has 0 radical (unpaired) electrons. The number of rotatable bonds is 8. The van der Waals surface area contributed by atoms with Gasteiger partial charge in [0.15, 0.2) is 5.08 Å². The lowest BCUT2D eigenvalue weighted by atomic mass is 10.0. The summed E-state index contributed by atoms with van der Waals surface area (Å²) in [5, 5.41) is 0.00135. The van der Waals surface area contributed by atoms with Crippen molar-refractivity contribution in [2.75, 3.05) is 19.8 Å². The van der Waals surface area contributed by atoms with E-state index in [0.29, 0.717) is 24.1 Å². The minimum absolute atomic E-state index is 0.00135. The summed E-state index contributed by atoms with van der Waals surface area (Å²) in [5.41, 5.74) is 4.92. The molecule has 1 atom stereocenters. The van der Waals surface area contributed by atoms with Crippen molar-refractivity contribution in [2.45, 2.75) is 53.0 Å². The molecule has 182 valence electrons. The maximum absolute atomic E-state index is 14.6. The van der Waals surface area contributed by atoms with Crippen LogP contribution in [0.4, 0.5) is 0 Å². The van der Waals surface area contributed by atoms with E-state index in [0.717, 1.165) is 33.4 Å². The molecule has 0 fully saturated rings. The molecule has 0 aliphatic carbocycles. The van der Waals surface area contributed by atoms with Gasteiger partial charge in [0, 0.05) is 43.3 Å². The highest BCUT2D eigenvalue weighted by Gasteiger charge is 2.42. The molecule has 3 rings (SSSR count). The van der Waals surface area contributed by atoms with E-state index in [9.17, 15) is 14.2 Å². The van der Waals surface area contributed by atoms with Crippen LogP contribution in [-0.2, 0) is 4.57 Å². The number of hydrogen-bond donors (Lipinski definition) is 0. The Morgan fingerprint density at radius 2 is 1.24 bits per heavy atom. The Labute approximate surface area is 211 Å². The number of nitrogens with zero attached hydrogens (tertiary/aromatic N) is 2. The molecular formula is C27H34BrN2O3P. The van der Waals surface area contributed by atoms with Crippen LogP contribution in [0, 0.1) is 41.5 Å². The molecule has 7 heteroatoms. The molecule has 0 N–H and O–H groups in total. The lowest BCUT2D eigenvalue weighted by molar-refractivity contribution is 0.103. The van der Waals surface area contributed by atoms with Gasteiger partial charge in [-0.15, -0.1) is 0 Å². The zero-order chi connectivity index (χ0) is 25.4. The molecule has 1 heterocycles. The minimum atomic E-state index is -3.93. The summed E-state index contributed by atoms with van der Waals surface area (Å²) in [5.74, 6) is 0. The first-order valence-corrected chi connectivity index (χ1v) is 14.3. The molecule has 0 saturated heterocycles. The fourth-order valence-electron chi connectivity index (χ4n) is 4.92. The first kappa shape index (κ1) is 26.4. The van der Waals surface area contributed by atoms with Gasteiger partial charge in [-0.05, 0) is 86.1 Å². The van der Waals surface area contributed by atoms with E-state index in [1.807, 2.05) is 90.2 Å². The van der Waals surface area contributed by atoms with Crippen molar-refractivity contribution in [1.82, 2.24) is 9.80 Å². The SMILES string of the molecule is Cc1cc(C)c(C(=O)P(=O)(CCCN2C=CN(C)C2Br)C(=O)c2c(C)cc(C)cc2C)c(C)c1. The van der Waals surface area contributed by atoms with Crippen LogP contribution in [0.2, 0.25) is 0 Å². The number of benzene rings is 2. The van der Waals surface area contributed by atoms with Gasteiger partial charge in [0.1, 0.15) is 0 Å². The van der Waals surface area contributed by atoms with Crippen LogP contribution in [0.5, 0.6) is 0 Å². The van der Waals surface area contributed by atoms with Crippen molar-refractivity contribution in [2.24, 2.45) is 0 Å². The molecule has 1 unspecified atom stereocenters. The van der Waals surface area contributed by atoms with Crippen LogP contribution < -0.4 is 0 Å². The number of aryl methyl sites for hydroxylation is 6. The van der Waals surface area contributed by atoms with Gasteiger partial charge in [-0.3, -0.25) is 9.59 Å². The molecular weight excluding hydrogens is 511 g/mol. The van der Waals surface area contributed by atoms with E-state index in [4.69, 9.17) is 0 Å². The third-order valence-corrected chi connectivity index (χ3v) is 10.3. The van der Waals surface area contributed by atoms with Crippen molar-refractivity contribution in [3.8, 4) is 0 Å². The van der Waals surface area contributed by atoms with Crippen molar-refractivity contribution >= 4 is 34.1 Å². The summed E-state index contributed by atoms with van der Waals surface area (Å²) in [7, 11) is -1.97. The summed E-state index contributed by atoms with van der Waals surface area (Å²) in [4.78, 5) is 31.9. The molecule has 2 aromatic rings. The molecule has 5 nitrogen and oxygen atoms in total. The number of carbonyl (C=O) groups is 2.